The summed E-state index contributed by atoms with van der Waals surface area (Å²) in [7, 11) is 4.27. The van der Waals surface area contributed by atoms with Crippen LogP contribution >= 0.6 is 0 Å². The third kappa shape index (κ3) is 8.52. The van der Waals surface area contributed by atoms with Crippen molar-refractivity contribution in [3.63, 3.8) is 0 Å². The van der Waals surface area contributed by atoms with Crippen LogP contribution in [0.15, 0.2) is 0 Å². The fourth-order valence-electron chi connectivity index (χ4n) is 1.83. The lowest BCUT2D eigenvalue weighted by atomic mass is 9.87. The van der Waals surface area contributed by atoms with Crippen LogP contribution in [0.5, 0.6) is 0 Å². The summed E-state index contributed by atoms with van der Waals surface area (Å²) in [6.45, 7) is 12.5. The molecule has 0 heterocycles. The van der Waals surface area contributed by atoms with Gasteiger partial charge in [-0.3, -0.25) is 0 Å². The monoisotopic (exact) mass is 200 g/mol. The molecule has 1 N–H and O–H groups in total. The Morgan fingerprint density at radius 2 is 1.64 bits per heavy atom. The van der Waals surface area contributed by atoms with E-state index in [2.05, 4.69) is 58.9 Å². The molecule has 0 bridgehead atoms. The molecule has 0 spiro atoms. The highest BCUT2D eigenvalue weighted by Crippen LogP contribution is 2.21. The summed E-state index contributed by atoms with van der Waals surface area (Å²) in [6.07, 6.45) is 1.23. The number of rotatable bonds is 5. The number of likely N-dealkylation sites (N-methyl/N-ethyl adjacent to an activating group) is 1. The van der Waals surface area contributed by atoms with Crippen LogP contribution in [0, 0.1) is 5.41 Å². The number of nitrogens with one attached hydrogen (secondary N) is 1. The molecule has 0 rings (SSSR count). The van der Waals surface area contributed by atoms with Gasteiger partial charge in [0.2, 0.25) is 0 Å². The van der Waals surface area contributed by atoms with Crippen LogP contribution < -0.4 is 5.32 Å². The largest absolute Gasteiger partial charge is 0.310 e. The minimum Gasteiger partial charge on any atom is -0.310 e. The molecule has 0 aliphatic carbocycles. The van der Waals surface area contributed by atoms with Gasteiger partial charge in [0, 0.05) is 18.6 Å². The minimum absolute atomic E-state index is 0.405. The minimum atomic E-state index is 0.405. The van der Waals surface area contributed by atoms with Gasteiger partial charge in [0.1, 0.15) is 0 Å². The van der Waals surface area contributed by atoms with Crippen LogP contribution in [0.2, 0.25) is 0 Å². The fraction of sp³-hybridized carbons (Fsp3) is 1.00. The zero-order valence-electron chi connectivity index (χ0n) is 11.0. The molecule has 14 heavy (non-hydrogen) atoms. The summed E-state index contributed by atoms with van der Waals surface area (Å²) in [5.74, 6) is 0. The van der Waals surface area contributed by atoms with Crippen molar-refractivity contribution in [2.24, 2.45) is 5.41 Å². The third-order valence-electron chi connectivity index (χ3n) is 2.01. The van der Waals surface area contributed by atoms with E-state index >= 15 is 0 Å². The fourth-order valence-corrected chi connectivity index (χ4v) is 1.83. The summed E-state index contributed by atoms with van der Waals surface area (Å²) in [5.41, 5.74) is 0.405. The second kappa shape index (κ2) is 5.72. The van der Waals surface area contributed by atoms with Gasteiger partial charge in [-0.15, -0.1) is 0 Å². The molecular weight excluding hydrogens is 172 g/mol. The lowest BCUT2D eigenvalue weighted by Gasteiger charge is -2.30. The van der Waals surface area contributed by atoms with Gasteiger partial charge in [0.25, 0.3) is 0 Å². The first-order valence-corrected chi connectivity index (χ1v) is 5.61. The molecule has 0 aliphatic rings. The van der Waals surface area contributed by atoms with E-state index in [1.165, 1.54) is 6.42 Å². The van der Waals surface area contributed by atoms with Crippen molar-refractivity contribution in [1.82, 2.24) is 10.2 Å². The zero-order valence-corrected chi connectivity index (χ0v) is 11.0. The smallest absolute Gasteiger partial charge is 0.0202 e. The summed E-state index contributed by atoms with van der Waals surface area (Å²) in [4.78, 5) is 2.26. The summed E-state index contributed by atoms with van der Waals surface area (Å²) in [6, 6.07) is 1.17. The Hall–Kier alpha value is -0.0800. The highest BCUT2D eigenvalue weighted by molar-refractivity contribution is 4.77. The van der Waals surface area contributed by atoms with Gasteiger partial charge in [0.15, 0.2) is 0 Å². The highest BCUT2D eigenvalue weighted by atomic mass is 15.1. The molecule has 0 fully saturated rings. The van der Waals surface area contributed by atoms with Crippen molar-refractivity contribution in [2.45, 2.75) is 53.1 Å². The summed E-state index contributed by atoms with van der Waals surface area (Å²) < 4.78 is 0. The molecule has 1 atom stereocenters. The van der Waals surface area contributed by atoms with Crippen molar-refractivity contribution in [3.8, 4) is 0 Å². The normalized spacial score (nSPS) is 15.2. The van der Waals surface area contributed by atoms with Crippen LogP contribution in [-0.4, -0.2) is 37.6 Å². The van der Waals surface area contributed by atoms with E-state index in [1.807, 2.05) is 0 Å². The molecule has 0 aliphatic heterocycles. The average Bonchev–Trinajstić information content (AvgIpc) is 1.77. The van der Waals surface area contributed by atoms with E-state index in [0.717, 1.165) is 6.54 Å². The van der Waals surface area contributed by atoms with Gasteiger partial charge >= 0.3 is 0 Å². The molecule has 0 aromatic heterocycles. The number of hydrogen-bond donors (Lipinski definition) is 1. The van der Waals surface area contributed by atoms with Gasteiger partial charge in [-0.2, -0.15) is 0 Å². The lowest BCUT2D eigenvalue weighted by Crippen LogP contribution is -2.43. The summed E-state index contributed by atoms with van der Waals surface area (Å²) >= 11 is 0. The van der Waals surface area contributed by atoms with Gasteiger partial charge in [0.05, 0.1) is 0 Å². The number of nitrogens with zero attached hydrogens (tertiary/aromatic N) is 1. The van der Waals surface area contributed by atoms with Crippen molar-refractivity contribution in [3.05, 3.63) is 0 Å². The maximum atomic E-state index is 3.63. The van der Waals surface area contributed by atoms with E-state index in [0.29, 0.717) is 17.5 Å². The predicted octanol–water partition coefficient (Wildman–Crippen LogP) is 2.35. The molecule has 0 aromatic carbocycles. The van der Waals surface area contributed by atoms with Crippen molar-refractivity contribution < 1.29 is 0 Å². The topological polar surface area (TPSA) is 15.3 Å². The van der Waals surface area contributed by atoms with E-state index in [4.69, 9.17) is 0 Å². The van der Waals surface area contributed by atoms with Crippen LogP contribution in [0.1, 0.15) is 41.0 Å². The van der Waals surface area contributed by atoms with Crippen LogP contribution in [-0.2, 0) is 0 Å². The Morgan fingerprint density at radius 1 is 1.14 bits per heavy atom. The van der Waals surface area contributed by atoms with E-state index in [9.17, 15) is 0 Å². The van der Waals surface area contributed by atoms with Gasteiger partial charge in [-0.25, -0.2) is 0 Å². The van der Waals surface area contributed by atoms with Crippen molar-refractivity contribution in [1.29, 1.82) is 0 Å². The second-order valence-corrected chi connectivity index (χ2v) is 6.05. The standard InChI is InChI=1S/C12H28N2/c1-10(2)13-11(9-14(6)7)8-12(3,4)5/h10-11,13H,8-9H2,1-7H3/t11-/m0/s1. The van der Waals surface area contributed by atoms with E-state index in [-0.39, 0.29) is 0 Å². The third-order valence-corrected chi connectivity index (χ3v) is 2.01. The molecule has 0 saturated heterocycles. The van der Waals surface area contributed by atoms with Crippen molar-refractivity contribution in [2.75, 3.05) is 20.6 Å². The van der Waals surface area contributed by atoms with Crippen LogP contribution in [0.3, 0.4) is 0 Å². The second-order valence-electron chi connectivity index (χ2n) is 6.05. The first-order chi connectivity index (χ1) is 6.20. The Bertz CT molecular complexity index is 135. The molecule has 2 heteroatoms. The van der Waals surface area contributed by atoms with E-state index in [1.54, 1.807) is 0 Å². The molecule has 0 aromatic rings. The first kappa shape index (κ1) is 13.9. The molecule has 0 radical (unpaired) electrons. The number of hydrogen-bond acceptors (Lipinski definition) is 2. The highest BCUT2D eigenvalue weighted by Gasteiger charge is 2.19. The van der Waals surface area contributed by atoms with Crippen molar-refractivity contribution >= 4 is 0 Å². The molecule has 2 nitrogen and oxygen atoms in total. The van der Waals surface area contributed by atoms with Crippen LogP contribution in [0.4, 0.5) is 0 Å². The molecule has 86 valence electrons. The molecule has 0 amide bonds. The van der Waals surface area contributed by atoms with Crippen LogP contribution in [0.25, 0.3) is 0 Å². The average molecular weight is 200 g/mol. The Balaban J connectivity index is 4.11. The molecule has 0 saturated carbocycles. The Kier molecular flexibility index (Phi) is 5.68. The lowest BCUT2D eigenvalue weighted by molar-refractivity contribution is 0.248. The first-order valence-electron chi connectivity index (χ1n) is 5.61. The molecule has 0 unspecified atom stereocenters. The SMILES string of the molecule is CC(C)N[C@H](CN(C)C)CC(C)(C)C. The van der Waals surface area contributed by atoms with E-state index < -0.39 is 0 Å². The van der Waals surface area contributed by atoms with Gasteiger partial charge in [-0.05, 0) is 25.9 Å². The molecular formula is C12H28N2. The zero-order chi connectivity index (χ0) is 11.4. The van der Waals surface area contributed by atoms with Gasteiger partial charge < -0.3 is 10.2 Å². The summed E-state index contributed by atoms with van der Waals surface area (Å²) in [5, 5.41) is 3.63. The van der Waals surface area contributed by atoms with Gasteiger partial charge in [-0.1, -0.05) is 34.6 Å². The predicted molar refractivity (Wildman–Crippen MR) is 64.7 cm³/mol. The maximum Gasteiger partial charge on any atom is 0.0202 e. The Morgan fingerprint density at radius 3 is 1.93 bits per heavy atom. The maximum absolute atomic E-state index is 3.63. The Labute approximate surface area is 90.1 Å². The quantitative estimate of drug-likeness (QED) is 0.733.